The Morgan fingerprint density at radius 3 is 2.70 bits per heavy atom. The van der Waals surface area contributed by atoms with Gasteiger partial charge in [-0.15, -0.1) is 6.58 Å². The first kappa shape index (κ1) is 16.3. The average Bonchev–Trinajstić information content (AvgIpc) is 2.36. The maximum Gasteiger partial charge on any atom is 0.255 e. The normalized spacial score (nSPS) is 11.2. The van der Waals surface area contributed by atoms with Crippen molar-refractivity contribution in [3.63, 3.8) is 0 Å². The van der Waals surface area contributed by atoms with E-state index in [1.807, 2.05) is 0 Å². The van der Waals surface area contributed by atoms with Gasteiger partial charge < -0.3 is 4.90 Å². The van der Waals surface area contributed by atoms with E-state index >= 15 is 0 Å². The Bertz CT molecular complexity index is 614. The number of primary sulfonamides is 1. The van der Waals surface area contributed by atoms with E-state index in [1.54, 1.807) is 6.08 Å². The van der Waals surface area contributed by atoms with Crippen LogP contribution < -0.4 is 5.14 Å². The molecule has 1 amide bonds. The third-order valence-electron chi connectivity index (χ3n) is 2.73. The van der Waals surface area contributed by atoms with E-state index in [2.05, 4.69) is 6.58 Å². The van der Waals surface area contributed by atoms with Gasteiger partial charge in [0, 0.05) is 13.6 Å². The van der Waals surface area contributed by atoms with Gasteiger partial charge in [-0.25, -0.2) is 17.9 Å². The summed E-state index contributed by atoms with van der Waals surface area (Å²) in [7, 11) is -2.57. The molecular formula is C13H17FN2O3S. The number of amides is 1. The summed E-state index contributed by atoms with van der Waals surface area (Å²) in [6, 6.07) is 2.83. The van der Waals surface area contributed by atoms with Crippen LogP contribution in [-0.2, 0) is 10.0 Å². The minimum Gasteiger partial charge on any atom is -0.342 e. The first-order valence-corrected chi connectivity index (χ1v) is 7.50. The zero-order valence-electron chi connectivity index (χ0n) is 11.2. The topological polar surface area (TPSA) is 80.5 Å². The van der Waals surface area contributed by atoms with Crippen molar-refractivity contribution in [2.45, 2.75) is 17.7 Å². The number of allylic oxidation sites excluding steroid dienone is 1. The van der Waals surface area contributed by atoms with Gasteiger partial charge in [0.1, 0.15) is 5.82 Å². The summed E-state index contributed by atoms with van der Waals surface area (Å²) in [6.07, 6.45) is 3.13. The molecule has 2 N–H and O–H groups in total. The third-order valence-corrected chi connectivity index (χ3v) is 3.70. The summed E-state index contributed by atoms with van der Waals surface area (Å²) < 4.78 is 36.1. The second-order valence-electron chi connectivity index (χ2n) is 4.34. The van der Waals surface area contributed by atoms with Gasteiger partial charge in [0.2, 0.25) is 10.0 Å². The van der Waals surface area contributed by atoms with Crippen LogP contribution in [0.1, 0.15) is 23.2 Å². The number of benzene rings is 1. The summed E-state index contributed by atoms with van der Waals surface area (Å²) in [6.45, 7) is 3.98. The standard InChI is InChI=1S/C13H17FN2O3S/c1-3-4-5-8-16(2)13(17)11-9-10(14)6-7-12(11)20(15,18)19/h3,6-7,9H,1,4-5,8H2,2H3,(H2,15,18,19). The van der Waals surface area contributed by atoms with Crippen molar-refractivity contribution in [1.82, 2.24) is 4.90 Å². The lowest BCUT2D eigenvalue weighted by Crippen LogP contribution is -2.30. The molecule has 0 radical (unpaired) electrons. The molecule has 0 atom stereocenters. The number of unbranched alkanes of at least 4 members (excludes halogenated alkanes) is 1. The molecule has 0 saturated carbocycles. The molecule has 0 saturated heterocycles. The van der Waals surface area contributed by atoms with Crippen LogP contribution in [0.4, 0.5) is 4.39 Å². The molecule has 0 unspecified atom stereocenters. The molecule has 110 valence electrons. The molecule has 0 heterocycles. The fourth-order valence-electron chi connectivity index (χ4n) is 1.70. The van der Waals surface area contributed by atoms with Gasteiger partial charge in [-0.3, -0.25) is 4.79 Å². The van der Waals surface area contributed by atoms with Crippen LogP contribution in [0.15, 0.2) is 35.7 Å². The average molecular weight is 300 g/mol. The van der Waals surface area contributed by atoms with Crippen molar-refractivity contribution in [3.8, 4) is 0 Å². The molecule has 5 nitrogen and oxygen atoms in total. The van der Waals surface area contributed by atoms with Gasteiger partial charge in [-0.05, 0) is 31.0 Å². The van der Waals surface area contributed by atoms with Crippen molar-refractivity contribution in [3.05, 3.63) is 42.2 Å². The molecule has 1 aromatic carbocycles. The smallest absolute Gasteiger partial charge is 0.255 e. The maximum absolute atomic E-state index is 13.2. The molecule has 7 heteroatoms. The molecule has 0 spiro atoms. The molecule has 20 heavy (non-hydrogen) atoms. The number of nitrogens with two attached hydrogens (primary N) is 1. The number of carbonyl (C=O) groups is 1. The molecule has 0 aliphatic rings. The van der Waals surface area contributed by atoms with E-state index in [0.717, 1.165) is 24.6 Å². The van der Waals surface area contributed by atoms with Crippen molar-refractivity contribution < 1.29 is 17.6 Å². The highest BCUT2D eigenvalue weighted by Crippen LogP contribution is 2.17. The fourth-order valence-corrected chi connectivity index (χ4v) is 2.41. The highest BCUT2D eigenvalue weighted by molar-refractivity contribution is 7.89. The number of carbonyl (C=O) groups excluding carboxylic acids is 1. The largest absolute Gasteiger partial charge is 0.342 e. The summed E-state index contributed by atoms with van der Waals surface area (Å²) in [5, 5.41) is 5.03. The lowest BCUT2D eigenvalue weighted by molar-refractivity contribution is 0.0789. The van der Waals surface area contributed by atoms with E-state index < -0.39 is 21.7 Å². The Balaban J connectivity index is 3.08. The van der Waals surface area contributed by atoms with Crippen LogP contribution in [0.5, 0.6) is 0 Å². The second kappa shape index (κ2) is 6.62. The van der Waals surface area contributed by atoms with E-state index in [-0.39, 0.29) is 10.5 Å². The zero-order chi connectivity index (χ0) is 15.3. The van der Waals surface area contributed by atoms with Crippen LogP contribution in [0, 0.1) is 5.82 Å². The predicted octanol–water partition coefficient (Wildman–Crippen LogP) is 1.51. The number of sulfonamides is 1. The minimum absolute atomic E-state index is 0.256. The molecule has 0 fully saturated rings. The summed E-state index contributed by atoms with van der Waals surface area (Å²) in [4.78, 5) is 13.1. The lowest BCUT2D eigenvalue weighted by Gasteiger charge is -2.18. The predicted molar refractivity (Wildman–Crippen MR) is 74.2 cm³/mol. The minimum atomic E-state index is -4.08. The first-order chi connectivity index (χ1) is 9.27. The Morgan fingerprint density at radius 2 is 2.15 bits per heavy atom. The number of hydrogen-bond donors (Lipinski definition) is 1. The van der Waals surface area contributed by atoms with Crippen LogP contribution in [0.2, 0.25) is 0 Å². The van der Waals surface area contributed by atoms with Gasteiger partial charge in [-0.2, -0.15) is 0 Å². The van der Waals surface area contributed by atoms with Gasteiger partial charge in [0.05, 0.1) is 10.5 Å². The SMILES string of the molecule is C=CCCCN(C)C(=O)c1cc(F)ccc1S(N)(=O)=O. The van der Waals surface area contributed by atoms with Crippen LogP contribution in [0.3, 0.4) is 0 Å². The van der Waals surface area contributed by atoms with Gasteiger partial charge >= 0.3 is 0 Å². The Kier molecular flexibility index (Phi) is 5.41. The van der Waals surface area contributed by atoms with Gasteiger partial charge in [-0.1, -0.05) is 6.08 Å². The highest BCUT2D eigenvalue weighted by Gasteiger charge is 2.22. The van der Waals surface area contributed by atoms with Gasteiger partial charge in [0.15, 0.2) is 0 Å². The van der Waals surface area contributed by atoms with E-state index in [4.69, 9.17) is 5.14 Å². The lowest BCUT2D eigenvalue weighted by atomic mass is 10.2. The van der Waals surface area contributed by atoms with Crippen molar-refractivity contribution in [2.75, 3.05) is 13.6 Å². The van der Waals surface area contributed by atoms with Crippen LogP contribution >= 0.6 is 0 Å². The third kappa shape index (κ3) is 4.14. The fraction of sp³-hybridized carbons (Fsp3) is 0.308. The van der Waals surface area contributed by atoms with Crippen LogP contribution in [0.25, 0.3) is 0 Å². The zero-order valence-corrected chi connectivity index (χ0v) is 12.0. The number of nitrogens with zero attached hydrogens (tertiary/aromatic N) is 1. The first-order valence-electron chi connectivity index (χ1n) is 5.96. The molecule has 0 aliphatic heterocycles. The van der Waals surface area contributed by atoms with Crippen molar-refractivity contribution in [1.29, 1.82) is 0 Å². The van der Waals surface area contributed by atoms with Crippen molar-refractivity contribution in [2.24, 2.45) is 5.14 Å². The maximum atomic E-state index is 13.2. The van der Waals surface area contributed by atoms with Crippen LogP contribution in [-0.4, -0.2) is 32.8 Å². The number of halogens is 1. The number of hydrogen-bond acceptors (Lipinski definition) is 3. The quantitative estimate of drug-likeness (QED) is 0.639. The molecular weight excluding hydrogens is 283 g/mol. The number of rotatable bonds is 6. The van der Waals surface area contributed by atoms with Crippen molar-refractivity contribution >= 4 is 15.9 Å². The summed E-state index contributed by atoms with van der Waals surface area (Å²) in [5.41, 5.74) is -0.256. The second-order valence-corrected chi connectivity index (χ2v) is 5.87. The monoisotopic (exact) mass is 300 g/mol. The summed E-state index contributed by atoms with van der Waals surface area (Å²) >= 11 is 0. The molecule has 1 aromatic rings. The molecule has 0 aliphatic carbocycles. The molecule has 0 bridgehead atoms. The Morgan fingerprint density at radius 1 is 1.50 bits per heavy atom. The van der Waals surface area contributed by atoms with E-state index in [1.165, 1.54) is 11.9 Å². The van der Waals surface area contributed by atoms with E-state index in [0.29, 0.717) is 13.0 Å². The van der Waals surface area contributed by atoms with Gasteiger partial charge in [0.25, 0.3) is 5.91 Å². The molecule has 0 aromatic heterocycles. The Hall–Kier alpha value is -1.73. The van der Waals surface area contributed by atoms with E-state index in [9.17, 15) is 17.6 Å². The summed E-state index contributed by atoms with van der Waals surface area (Å²) in [5.74, 6) is -1.28. The molecule has 1 rings (SSSR count). The highest BCUT2D eigenvalue weighted by atomic mass is 32.2. The Labute approximate surface area is 117 Å².